The van der Waals surface area contributed by atoms with E-state index < -0.39 is 52.3 Å². The Hall–Kier alpha value is -5.85. The molecule has 51 heavy (non-hydrogen) atoms. The van der Waals surface area contributed by atoms with Crippen LogP contribution in [-0.2, 0) is 11.3 Å². The van der Waals surface area contributed by atoms with E-state index in [9.17, 15) is 23.6 Å². The van der Waals surface area contributed by atoms with Crippen molar-refractivity contribution in [1.29, 1.82) is 0 Å². The van der Waals surface area contributed by atoms with E-state index >= 15 is 4.39 Å². The first kappa shape index (κ1) is 36.4. The van der Waals surface area contributed by atoms with Gasteiger partial charge in [-0.05, 0) is 57.3 Å². The highest BCUT2D eigenvalue weighted by Crippen LogP contribution is 2.31. The van der Waals surface area contributed by atoms with Gasteiger partial charge < -0.3 is 25.6 Å². The van der Waals surface area contributed by atoms with E-state index in [1.165, 1.54) is 55.5 Å². The van der Waals surface area contributed by atoms with Crippen LogP contribution in [0, 0.1) is 23.5 Å². The summed E-state index contributed by atoms with van der Waals surface area (Å²) in [5, 5.41) is 2.45. The van der Waals surface area contributed by atoms with Crippen molar-refractivity contribution in [3.63, 3.8) is 0 Å². The molecule has 3 N–H and O–H groups in total. The number of aromatic nitrogens is 3. The molecule has 2 aromatic carbocycles. The Morgan fingerprint density at radius 2 is 1.71 bits per heavy atom. The van der Waals surface area contributed by atoms with E-state index in [1.54, 1.807) is 0 Å². The lowest BCUT2D eigenvalue weighted by molar-refractivity contribution is -0.129. The number of hydrogen-bond acceptors (Lipinski definition) is 9. The molecule has 2 amide bonds. The zero-order chi connectivity index (χ0) is 37.0. The van der Waals surface area contributed by atoms with Crippen LogP contribution in [0.3, 0.4) is 0 Å². The maximum atomic E-state index is 15.5. The normalized spacial score (nSPS) is 13.6. The third-order valence-corrected chi connectivity index (χ3v) is 8.43. The molecule has 4 aromatic rings. The molecule has 5 rings (SSSR count). The molecule has 2 aromatic heterocycles. The Kier molecular flexibility index (Phi) is 10.7. The Balaban J connectivity index is 1.41. The predicted octanol–water partition coefficient (Wildman–Crippen LogP) is 2.76. The third-order valence-electron chi connectivity index (χ3n) is 8.43. The summed E-state index contributed by atoms with van der Waals surface area (Å²) in [4.78, 5) is 62.5. The van der Waals surface area contributed by atoms with Gasteiger partial charge >= 0.3 is 5.69 Å². The number of nitrogens with two attached hydrogens (primary N) is 1. The Labute approximate surface area is 292 Å². The van der Waals surface area contributed by atoms with Crippen molar-refractivity contribution in [2.24, 2.45) is 0 Å². The lowest BCUT2D eigenvalue weighted by Crippen LogP contribution is -2.53. The molecule has 266 valence electrons. The summed E-state index contributed by atoms with van der Waals surface area (Å²) in [5.74, 6) is 3.48. The van der Waals surface area contributed by atoms with Crippen LogP contribution in [0.2, 0.25) is 0 Å². The summed E-state index contributed by atoms with van der Waals surface area (Å²) in [6.07, 6.45) is 2.37. The summed E-state index contributed by atoms with van der Waals surface area (Å²) in [5.41, 5.74) is 3.42. The lowest BCUT2D eigenvalue weighted by atomic mass is 10.0. The van der Waals surface area contributed by atoms with Crippen molar-refractivity contribution in [1.82, 2.24) is 28.8 Å². The van der Waals surface area contributed by atoms with E-state index in [0.29, 0.717) is 4.57 Å². The maximum absolute atomic E-state index is 15.5. The Bertz CT molecular complexity index is 2140. The number of likely N-dealkylation sites (N-methyl/N-ethyl adjacent to an activating group) is 2. The number of carbonyl (C=O) groups is 2. The highest BCUT2D eigenvalue weighted by Gasteiger charge is 2.28. The SMILES string of the molecule is CN1CCN(C(C)(C)C#Cc2c(Oc3ccc(NC(=O)c4cn(CC(=O)N(C)C)c(=O)n(-c5ccc(F)cc5)c4=O)cc3F)ccnc2N)CC1. The quantitative estimate of drug-likeness (QED) is 0.265. The molecule has 13 nitrogen and oxygen atoms in total. The number of carbonyl (C=O) groups excluding carboxylic acids is 2. The molecular formula is C36H38F2N8O5. The summed E-state index contributed by atoms with van der Waals surface area (Å²) < 4.78 is 36.5. The van der Waals surface area contributed by atoms with Gasteiger partial charge in [0.1, 0.15) is 35.1 Å². The molecule has 3 heterocycles. The topological polar surface area (TPSA) is 148 Å². The molecule has 0 saturated carbocycles. The van der Waals surface area contributed by atoms with Gasteiger partial charge in [-0.1, -0.05) is 11.8 Å². The number of anilines is 2. The lowest BCUT2D eigenvalue weighted by Gasteiger charge is -2.40. The molecule has 0 spiro atoms. The smallest absolute Gasteiger partial charge is 0.336 e. The average molecular weight is 701 g/mol. The fraction of sp³-hybridized carbons (Fsp3) is 0.306. The largest absolute Gasteiger partial charge is 0.453 e. The van der Waals surface area contributed by atoms with Crippen molar-refractivity contribution in [3.05, 3.63) is 105 Å². The number of hydrogen-bond donors (Lipinski definition) is 2. The fourth-order valence-corrected chi connectivity index (χ4v) is 5.28. The van der Waals surface area contributed by atoms with Crippen LogP contribution in [0.25, 0.3) is 5.69 Å². The van der Waals surface area contributed by atoms with Gasteiger partial charge in [0.15, 0.2) is 11.6 Å². The van der Waals surface area contributed by atoms with Gasteiger partial charge in [0, 0.05) is 70.5 Å². The summed E-state index contributed by atoms with van der Waals surface area (Å²) >= 11 is 0. The highest BCUT2D eigenvalue weighted by atomic mass is 19.1. The number of pyridine rings is 1. The van der Waals surface area contributed by atoms with Crippen molar-refractivity contribution in [2.75, 3.05) is 58.4 Å². The van der Waals surface area contributed by atoms with E-state index in [2.05, 4.69) is 39.0 Å². The first-order valence-electron chi connectivity index (χ1n) is 16.0. The van der Waals surface area contributed by atoms with Gasteiger partial charge in [-0.15, -0.1) is 0 Å². The summed E-state index contributed by atoms with van der Waals surface area (Å²) in [6.45, 7) is 7.08. The average Bonchev–Trinajstić information content (AvgIpc) is 3.07. The first-order chi connectivity index (χ1) is 24.1. The summed E-state index contributed by atoms with van der Waals surface area (Å²) in [6, 6.07) is 9.60. The fourth-order valence-electron chi connectivity index (χ4n) is 5.28. The van der Waals surface area contributed by atoms with Gasteiger partial charge in [0.25, 0.3) is 11.5 Å². The van der Waals surface area contributed by atoms with Crippen LogP contribution in [0.1, 0.15) is 29.8 Å². The highest BCUT2D eigenvalue weighted by molar-refractivity contribution is 6.04. The van der Waals surface area contributed by atoms with Gasteiger partial charge in [-0.3, -0.25) is 23.9 Å². The van der Waals surface area contributed by atoms with Gasteiger partial charge in [0.05, 0.1) is 11.2 Å². The number of halogens is 2. The Morgan fingerprint density at radius 1 is 1.02 bits per heavy atom. The van der Waals surface area contributed by atoms with Gasteiger partial charge in [0.2, 0.25) is 5.91 Å². The zero-order valence-electron chi connectivity index (χ0n) is 28.9. The number of piperazine rings is 1. The van der Waals surface area contributed by atoms with Crippen molar-refractivity contribution >= 4 is 23.3 Å². The van der Waals surface area contributed by atoms with E-state index in [-0.39, 0.29) is 34.3 Å². The number of nitrogens with one attached hydrogen (secondary N) is 1. The minimum atomic E-state index is -1.03. The predicted molar refractivity (Wildman–Crippen MR) is 188 cm³/mol. The molecule has 0 bridgehead atoms. The molecule has 0 aliphatic carbocycles. The third kappa shape index (κ3) is 8.31. The molecule has 15 heteroatoms. The van der Waals surface area contributed by atoms with Crippen LogP contribution in [0.15, 0.2) is 70.5 Å². The number of nitrogen functional groups attached to an aromatic ring is 1. The number of nitrogens with zero attached hydrogens (tertiary/aromatic N) is 6. The van der Waals surface area contributed by atoms with Crippen LogP contribution < -0.4 is 27.0 Å². The van der Waals surface area contributed by atoms with E-state index in [1.807, 2.05) is 13.8 Å². The van der Waals surface area contributed by atoms with E-state index in [0.717, 1.165) is 55.1 Å². The second kappa shape index (κ2) is 15.0. The molecule has 0 atom stereocenters. The van der Waals surface area contributed by atoms with Crippen LogP contribution in [0.4, 0.5) is 20.3 Å². The number of rotatable bonds is 8. The van der Waals surface area contributed by atoms with Crippen molar-refractivity contribution in [2.45, 2.75) is 25.9 Å². The van der Waals surface area contributed by atoms with Crippen LogP contribution in [0.5, 0.6) is 11.5 Å². The second-order valence-corrected chi connectivity index (χ2v) is 12.7. The molecular weight excluding hydrogens is 662 g/mol. The van der Waals surface area contributed by atoms with E-state index in [4.69, 9.17) is 10.5 Å². The Morgan fingerprint density at radius 3 is 2.35 bits per heavy atom. The molecule has 1 aliphatic heterocycles. The minimum absolute atomic E-state index is 0.0247. The second-order valence-electron chi connectivity index (χ2n) is 12.7. The number of amides is 2. The first-order valence-corrected chi connectivity index (χ1v) is 16.0. The van der Waals surface area contributed by atoms with Crippen molar-refractivity contribution in [3.8, 4) is 29.0 Å². The number of ether oxygens (including phenoxy) is 1. The number of benzene rings is 2. The van der Waals surface area contributed by atoms with Gasteiger partial charge in [-0.25, -0.2) is 23.1 Å². The molecule has 1 saturated heterocycles. The van der Waals surface area contributed by atoms with Gasteiger partial charge in [-0.2, -0.15) is 0 Å². The molecule has 1 aliphatic rings. The summed E-state index contributed by atoms with van der Waals surface area (Å²) in [7, 11) is 5.03. The molecule has 0 radical (unpaired) electrons. The molecule has 1 fully saturated rings. The van der Waals surface area contributed by atoms with Crippen molar-refractivity contribution < 1.29 is 23.1 Å². The van der Waals surface area contributed by atoms with Crippen LogP contribution in [-0.4, -0.2) is 93.5 Å². The minimum Gasteiger partial charge on any atom is -0.453 e. The monoisotopic (exact) mass is 700 g/mol. The zero-order valence-corrected chi connectivity index (χ0v) is 28.9. The maximum Gasteiger partial charge on any atom is 0.336 e. The standard InChI is InChI=1S/C36H38F2N8O5/c1-36(2,45-18-16-43(5)17-19-45)14-12-26-29(13-15-40-32(26)39)51-30-11-8-24(20-28(30)38)41-33(48)27-21-44(22-31(47)42(3)4)35(50)46(34(27)49)25-9-6-23(37)7-10-25/h6-11,13,15,20-21H,16-19,22H2,1-5H3,(H2,39,40)(H,41,48). The van der Waals surface area contributed by atoms with Crippen LogP contribution >= 0.6 is 0 Å². The molecule has 0 unspecified atom stereocenters.